The summed E-state index contributed by atoms with van der Waals surface area (Å²) in [6.45, 7) is 3.28. The van der Waals surface area contributed by atoms with Crippen LogP contribution in [0.25, 0.3) is 0 Å². The largest absolute Gasteiger partial charge is 0.409 e. The molecule has 0 aliphatic carbocycles. The fourth-order valence-corrected chi connectivity index (χ4v) is 1.81. The van der Waals surface area contributed by atoms with Crippen molar-refractivity contribution in [1.82, 2.24) is 5.32 Å². The molecular formula is C11H20F3N3O2. The molecule has 19 heavy (non-hydrogen) atoms. The van der Waals surface area contributed by atoms with Gasteiger partial charge in [0.25, 0.3) is 0 Å². The van der Waals surface area contributed by atoms with Gasteiger partial charge in [-0.3, -0.25) is 4.79 Å². The highest BCUT2D eigenvalue weighted by Crippen LogP contribution is 2.27. The van der Waals surface area contributed by atoms with E-state index in [1.165, 1.54) is 0 Å². The first-order chi connectivity index (χ1) is 8.73. The van der Waals surface area contributed by atoms with Crippen molar-refractivity contribution in [2.24, 2.45) is 16.3 Å². The average Bonchev–Trinajstić information content (AvgIpc) is 2.35. The van der Waals surface area contributed by atoms with Crippen molar-refractivity contribution in [3.05, 3.63) is 0 Å². The van der Waals surface area contributed by atoms with Crippen molar-refractivity contribution in [2.45, 2.75) is 45.7 Å². The number of nitrogens with one attached hydrogen (secondary N) is 1. The van der Waals surface area contributed by atoms with Gasteiger partial charge in [0, 0.05) is 13.0 Å². The number of nitrogens with two attached hydrogens (primary N) is 1. The van der Waals surface area contributed by atoms with E-state index in [1.54, 1.807) is 13.8 Å². The highest BCUT2D eigenvalue weighted by molar-refractivity contribution is 6.06. The van der Waals surface area contributed by atoms with Gasteiger partial charge in [-0.2, -0.15) is 13.2 Å². The topological polar surface area (TPSA) is 87.7 Å². The van der Waals surface area contributed by atoms with Crippen LogP contribution in [0.4, 0.5) is 13.2 Å². The molecule has 0 saturated heterocycles. The summed E-state index contributed by atoms with van der Waals surface area (Å²) in [6, 6.07) is 0. The van der Waals surface area contributed by atoms with E-state index in [-0.39, 0.29) is 18.8 Å². The quantitative estimate of drug-likeness (QED) is 0.219. The maximum Gasteiger partial charge on any atom is 0.389 e. The second-order valence-electron chi connectivity index (χ2n) is 4.25. The summed E-state index contributed by atoms with van der Waals surface area (Å²) < 4.78 is 35.8. The third kappa shape index (κ3) is 4.96. The second kappa shape index (κ2) is 7.20. The van der Waals surface area contributed by atoms with Crippen LogP contribution in [-0.2, 0) is 4.79 Å². The number of halogens is 3. The maximum atomic E-state index is 12.0. The van der Waals surface area contributed by atoms with Gasteiger partial charge in [0.05, 0.1) is 0 Å². The number of amidine groups is 1. The van der Waals surface area contributed by atoms with E-state index >= 15 is 0 Å². The van der Waals surface area contributed by atoms with Crippen molar-refractivity contribution >= 4 is 11.7 Å². The smallest absolute Gasteiger partial charge is 0.389 e. The van der Waals surface area contributed by atoms with Crippen LogP contribution >= 0.6 is 0 Å². The Labute approximate surface area is 110 Å². The molecule has 0 atom stereocenters. The molecule has 0 saturated carbocycles. The molecule has 112 valence electrons. The lowest BCUT2D eigenvalue weighted by Crippen LogP contribution is -2.49. The lowest BCUT2D eigenvalue weighted by molar-refractivity contribution is -0.137. The molecule has 0 rings (SSSR count). The van der Waals surface area contributed by atoms with Gasteiger partial charge in [-0.25, -0.2) is 0 Å². The van der Waals surface area contributed by atoms with Gasteiger partial charge in [-0.15, -0.1) is 0 Å². The van der Waals surface area contributed by atoms with Crippen LogP contribution in [0.1, 0.15) is 39.5 Å². The normalized spacial score (nSPS) is 13.4. The summed E-state index contributed by atoms with van der Waals surface area (Å²) in [5, 5.41) is 13.9. The molecule has 0 aliphatic heterocycles. The predicted octanol–water partition coefficient (Wildman–Crippen LogP) is 2.00. The molecule has 0 fully saturated rings. The number of nitrogens with zero attached hydrogens (tertiary/aromatic N) is 1. The molecule has 0 aromatic heterocycles. The predicted molar refractivity (Wildman–Crippen MR) is 64.7 cm³/mol. The molecule has 0 radical (unpaired) electrons. The fraction of sp³-hybridized carbons (Fsp3) is 0.818. The van der Waals surface area contributed by atoms with Crippen molar-refractivity contribution < 1.29 is 23.2 Å². The Balaban J connectivity index is 4.52. The van der Waals surface area contributed by atoms with Crippen LogP contribution in [0.15, 0.2) is 5.16 Å². The minimum Gasteiger partial charge on any atom is -0.409 e. The van der Waals surface area contributed by atoms with Crippen molar-refractivity contribution in [3.8, 4) is 0 Å². The Kier molecular flexibility index (Phi) is 6.64. The molecule has 1 amide bonds. The van der Waals surface area contributed by atoms with Crippen LogP contribution < -0.4 is 11.1 Å². The summed E-state index contributed by atoms with van der Waals surface area (Å²) in [4.78, 5) is 12.0. The van der Waals surface area contributed by atoms with E-state index in [0.29, 0.717) is 12.8 Å². The number of hydrogen-bond donors (Lipinski definition) is 3. The standard InChI is InChI=1S/C11H20F3N3O2/c1-3-10(4-2,8(15)17-19)9(18)16-7-5-6-11(12,13)14/h19H,3-7H2,1-2H3,(H2,15,17)(H,16,18). The molecule has 0 unspecified atom stereocenters. The first-order valence-electron chi connectivity index (χ1n) is 6.06. The minimum atomic E-state index is -4.23. The fourth-order valence-electron chi connectivity index (χ4n) is 1.81. The number of oxime groups is 1. The number of rotatable bonds is 7. The van der Waals surface area contributed by atoms with Crippen LogP contribution in [0.3, 0.4) is 0 Å². The molecule has 8 heteroatoms. The van der Waals surface area contributed by atoms with Gasteiger partial charge in [0.1, 0.15) is 5.41 Å². The summed E-state index contributed by atoms with van der Waals surface area (Å²) in [7, 11) is 0. The lowest BCUT2D eigenvalue weighted by atomic mass is 9.80. The zero-order valence-electron chi connectivity index (χ0n) is 11.0. The number of carbonyl (C=O) groups is 1. The van der Waals surface area contributed by atoms with Gasteiger partial charge in [0.15, 0.2) is 5.84 Å². The molecule has 0 aliphatic rings. The number of hydrogen-bond acceptors (Lipinski definition) is 3. The van der Waals surface area contributed by atoms with E-state index in [4.69, 9.17) is 10.9 Å². The van der Waals surface area contributed by atoms with Gasteiger partial charge in [-0.1, -0.05) is 19.0 Å². The Morgan fingerprint density at radius 2 is 1.84 bits per heavy atom. The highest BCUT2D eigenvalue weighted by Gasteiger charge is 2.39. The zero-order valence-corrected chi connectivity index (χ0v) is 11.0. The third-order valence-electron chi connectivity index (χ3n) is 3.16. The second-order valence-corrected chi connectivity index (χ2v) is 4.25. The Bertz CT molecular complexity index is 326. The Morgan fingerprint density at radius 3 is 2.21 bits per heavy atom. The molecule has 0 bridgehead atoms. The minimum absolute atomic E-state index is 0.0984. The van der Waals surface area contributed by atoms with Crippen LogP contribution in [0, 0.1) is 5.41 Å². The Hall–Kier alpha value is -1.47. The molecule has 0 spiro atoms. The van der Waals surface area contributed by atoms with Crippen molar-refractivity contribution in [3.63, 3.8) is 0 Å². The first-order valence-corrected chi connectivity index (χ1v) is 6.06. The van der Waals surface area contributed by atoms with Gasteiger partial charge in [0.2, 0.25) is 5.91 Å². The summed E-state index contributed by atoms with van der Waals surface area (Å²) in [5.74, 6) is -0.749. The molecular weight excluding hydrogens is 263 g/mol. The van der Waals surface area contributed by atoms with Gasteiger partial charge < -0.3 is 16.3 Å². The summed E-state index contributed by atoms with van der Waals surface area (Å²) in [6.07, 6.45) is -4.80. The molecule has 4 N–H and O–H groups in total. The molecule has 0 aromatic rings. The molecule has 0 aromatic carbocycles. The van der Waals surface area contributed by atoms with E-state index in [0.717, 1.165) is 0 Å². The van der Waals surface area contributed by atoms with Gasteiger partial charge >= 0.3 is 6.18 Å². The van der Waals surface area contributed by atoms with Crippen molar-refractivity contribution in [1.29, 1.82) is 0 Å². The van der Waals surface area contributed by atoms with Crippen molar-refractivity contribution in [2.75, 3.05) is 6.54 Å². The van der Waals surface area contributed by atoms with Gasteiger partial charge in [-0.05, 0) is 19.3 Å². The maximum absolute atomic E-state index is 12.0. The summed E-state index contributed by atoms with van der Waals surface area (Å²) >= 11 is 0. The summed E-state index contributed by atoms with van der Waals surface area (Å²) in [5.41, 5.74) is 4.33. The zero-order chi connectivity index (χ0) is 15.1. The van der Waals surface area contributed by atoms with E-state index < -0.39 is 23.9 Å². The number of carbonyl (C=O) groups excluding carboxylic acids is 1. The van der Waals surface area contributed by atoms with Crippen LogP contribution in [0.5, 0.6) is 0 Å². The SMILES string of the molecule is CCC(CC)(C(=O)NCCCC(F)(F)F)C(N)=NO. The highest BCUT2D eigenvalue weighted by atomic mass is 19.4. The molecule has 0 heterocycles. The Morgan fingerprint density at radius 1 is 1.32 bits per heavy atom. The molecule has 5 nitrogen and oxygen atoms in total. The van der Waals surface area contributed by atoms with E-state index in [9.17, 15) is 18.0 Å². The van der Waals surface area contributed by atoms with E-state index in [2.05, 4.69) is 10.5 Å². The third-order valence-corrected chi connectivity index (χ3v) is 3.16. The first kappa shape index (κ1) is 17.5. The van der Waals surface area contributed by atoms with Crippen LogP contribution in [0.2, 0.25) is 0 Å². The number of alkyl halides is 3. The average molecular weight is 283 g/mol. The van der Waals surface area contributed by atoms with Crippen LogP contribution in [-0.4, -0.2) is 29.7 Å². The van der Waals surface area contributed by atoms with E-state index in [1.807, 2.05) is 0 Å². The monoisotopic (exact) mass is 283 g/mol. The lowest BCUT2D eigenvalue weighted by Gasteiger charge is -2.28. The number of amides is 1.